The molecule has 0 aliphatic heterocycles. The van der Waals surface area contributed by atoms with Crippen molar-refractivity contribution in [2.45, 2.75) is 25.1 Å². The zero-order valence-corrected chi connectivity index (χ0v) is 11.1. The molecule has 1 aromatic carbocycles. The minimum absolute atomic E-state index is 0.0893. The molecule has 0 aliphatic rings. The smallest absolute Gasteiger partial charge is 0.255 e. The Balaban J connectivity index is 2.61. The van der Waals surface area contributed by atoms with Gasteiger partial charge in [0.05, 0.1) is 10.9 Å². The van der Waals surface area contributed by atoms with Crippen molar-refractivity contribution in [3.63, 3.8) is 0 Å². The maximum absolute atomic E-state index is 11.7. The Morgan fingerprint density at radius 2 is 2.24 bits per heavy atom. The summed E-state index contributed by atoms with van der Waals surface area (Å²) < 4.78 is 0. The van der Waals surface area contributed by atoms with Gasteiger partial charge in [-0.3, -0.25) is 4.79 Å². The van der Waals surface area contributed by atoms with E-state index in [4.69, 9.17) is 23.2 Å². The number of hydrogen-bond acceptors (Lipinski definition) is 2. The van der Waals surface area contributed by atoms with Crippen LogP contribution in [0.5, 0.6) is 5.75 Å². The van der Waals surface area contributed by atoms with Gasteiger partial charge in [-0.15, -0.1) is 11.6 Å². The molecule has 0 saturated heterocycles. The van der Waals surface area contributed by atoms with E-state index in [1.165, 1.54) is 18.2 Å². The SMILES string of the molecule is CCCC(Cl)CNC(=O)c1cc(Cl)ccc1O. The largest absolute Gasteiger partial charge is 0.507 e. The van der Waals surface area contributed by atoms with E-state index in [2.05, 4.69) is 5.32 Å². The highest BCUT2D eigenvalue weighted by Gasteiger charge is 2.12. The van der Waals surface area contributed by atoms with Gasteiger partial charge in [0.25, 0.3) is 5.91 Å². The summed E-state index contributed by atoms with van der Waals surface area (Å²) >= 11 is 11.7. The molecule has 2 N–H and O–H groups in total. The van der Waals surface area contributed by atoms with Gasteiger partial charge >= 0.3 is 0 Å². The monoisotopic (exact) mass is 275 g/mol. The van der Waals surface area contributed by atoms with Crippen molar-refractivity contribution in [2.75, 3.05) is 6.54 Å². The molecule has 5 heteroatoms. The number of benzene rings is 1. The van der Waals surface area contributed by atoms with Gasteiger partial charge in [0.2, 0.25) is 0 Å². The molecule has 0 fully saturated rings. The molecule has 17 heavy (non-hydrogen) atoms. The topological polar surface area (TPSA) is 49.3 Å². The van der Waals surface area contributed by atoms with Crippen molar-refractivity contribution in [1.29, 1.82) is 0 Å². The first-order chi connectivity index (χ1) is 8.04. The van der Waals surface area contributed by atoms with Crippen molar-refractivity contribution < 1.29 is 9.90 Å². The molecule has 0 aromatic heterocycles. The van der Waals surface area contributed by atoms with Gasteiger partial charge in [-0.2, -0.15) is 0 Å². The van der Waals surface area contributed by atoms with Crippen molar-refractivity contribution in [2.24, 2.45) is 0 Å². The molecule has 1 aromatic rings. The molecule has 1 unspecified atom stereocenters. The molecule has 94 valence electrons. The van der Waals surface area contributed by atoms with Crippen LogP contribution in [0.25, 0.3) is 0 Å². The van der Waals surface area contributed by atoms with E-state index in [0.717, 1.165) is 12.8 Å². The molecule has 1 rings (SSSR count). The fourth-order valence-corrected chi connectivity index (χ4v) is 1.87. The van der Waals surface area contributed by atoms with Crippen molar-refractivity contribution in [3.05, 3.63) is 28.8 Å². The first-order valence-corrected chi connectivity index (χ1v) is 6.26. The van der Waals surface area contributed by atoms with Gasteiger partial charge < -0.3 is 10.4 Å². The third-order valence-corrected chi connectivity index (χ3v) is 2.90. The molecule has 0 heterocycles. The van der Waals surface area contributed by atoms with Gasteiger partial charge in [0.1, 0.15) is 5.75 Å². The number of nitrogens with one attached hydrogen (secondary N) is 1. The molecular formula is C12H15Cl2NO2. The van der Waals surface area contributed by atoms with Gasteiger partial charge in [0.15, 0.2) is 0 Å². The number of carbonyl (C=O) groups is 1. The fourth-order valence-electron chi connectivity index (χ4n) is 1.40. The molecule has 1 atom stereocenters. The lowest BCUT2D eigenvalue weighted by Crippen LogP contribution is -2.29. The number of hydrogen-bond donors (Lipinski definition) is 2. The summed E-state index contributed by atoms with van der Waals surface area (Å²) in [6, 6.07) is 4.34. The standard InChI is InChI=1S/C12H15Cl2NO2/c1-2-3-9(14)7-15-12(17)10-6-8(13)4-5-11(10)16/h4-6,9,16H,2-3,7H2,1H3,(H,15,17). The number of phenolic OH excluding ortho intramolecular Hbond substituents is 1. The van der Waals surface area contributed by atoms with E-state index in [9.17, 15) is 9.90 Å². The zero-order chi connectivity index (χ0) is 12.8. The van der Waals surface area contributed by atoms with Gasteiger partial charge in [-0.05, 0) is 24.6 Å². The van der Waals surface area contributed by atoms with Gasteiger partial charge in [0, 0.05) is 11.6 Å². The second-order valence-corrected chi connectivity index (χ2v) is 4.81. The van der Waals surface area contributed by atoms with Crippen LogP contribution in [0.3, 0.4) is 0 Å². The molecule has 1 amide bonds. The highest BCUT2D eigenvalue weighted by Crippen LogP contribution is 2.21. The second kappa shape index (κ2) is 6.72. The fraction of sp³-hybridized carbons (Fsp3) is 0.417. The van der Waals surface area contributed by atoms with Crippen molar-refractivity contribution >= 4 is 29.1 Å². The predicted octanol–water partition coefficient (Wildman–Crippen LogP) is 3.18. The Hall–Kier alpha value is -0.930. The molecular weight excluding hydrogens is 261 g/mol. The summed E-state index contributed by atoms with van der Waals surface area (Å²) in [5.41, 5.74) is 0.165. The van der Waals surface area contributed by atoms with Gasteiger partial charge in [-0.25, -0.2) is 0 Å². The van der Waals surface area contributed by atoms with E-state index < -0.39 is 0 Å². The molecule has 0 bridgehead atoms. The third-order valence-electron chi connectivity index (χ3n) is 2.29. The van der Waals surface area contributed by atoms with E-state index >= 15 is 0 Å². The summed E-state index contributed by atoms with van der Waals surface area (Å²) in [6.45, 7) is 2.40. The summed E-state index contributed by atoms with van der Waals surface area (Å²) in [4.78, 5) is 11.7. The number of amides is 1. The number of aromatic hydroxyl groups is 1. The number of halogens is 2. The second-order valence-electron chi connectivity index (χ2n) is 3.76. The Bertz CT molecular complexity index is 396. The summed E-state index contributed by atoms with van der Waals surface area (Å²) in [6.07, 6.45) is 1.80. The lowest BCUT2D eigenvalue weighted by molar-refractivity contribution is 0.0950. The first kappa shape index (κ1) is 14.1. The summed E-state index contributed by atoms with van der Waals surface area (Å²) in [5.74, 6) is -0.458. The van der Waals surface area contributed by atoms with E-state index in [0.29, 0.717) is 11.6 Å². The Morgan fingerprint density at radius 3 is 2.88 bits per heavy atom. The van der Waals surface area contributed by atoms with Crippen LogP contribution in [0.1, 0.15) is 30.1 Å². The third kappa shape index (κ3) is 4.44. The van der Waals surface area contributed by atoms with E-state index in [1.54, 1.807) is 0 Å². The molecule has 3 nitrogen and oxygen atoms in total. The Morgan fingerprint density at radius 1 is 1.53 bits per heavy atom. The summed E-state index contributed by atoms with van der Waals surface area (Å²) in [5, 5.41) is 12.5. The van der Waals surface area contributed by atoms with Crippen molar-refractivity contribution in [1.82, 2.24) is 5.32 Å². The van der Waals surface area contributed by atoms with Crippen LogP contribution in [-0.2, 0) is 0 Å². The maximum Gasteiger partial charge on any atom is 0.255 e. The molecule has 0 aliphatic carbocycles. The molecule has 0 spiro atoms. The maximum atomic E-state index is 11.7. The number of rotatable bonds is 5. The predicted molar refractivity (Wildman–Crippen MR) is 70.0 cm³/mol. The lowest BCUT2D eigenvalue weighted by atomic mass is 10.2. The van der Waals surface area contributed by atoms with E-state index in [-0.39, 0.29) is 22.6 Å². The van der Waals surface area contributed by atoms with Crippen LogP contribution in [0, 0.1) is 0 Å². The lowest BCUT2D eigenvalue weighted by Gasteiger charge is -2.10. The highest BCUT2D eigenvalue weighted by molar-refractivity contribution is 6.31. The number of alkyl halides is 1. The first-order valence-electron chi connectivity index (χ1n) is 5.45. The summed E-state index contributed by atoms with van der Waals surface area (Å²) in [7, 11) is 0. The quantitative estimate of drug-likeness (QED) is 0.811. The number of phenols is 1. The zero-order valence-electron chi connectivity index (χ0n) is 9.54. The number of carbonyl (C=O) groups excluding carboxylic acids is 1. The van der Waals surface area contributed by atoms with Crippen LogP contribution in [0.15, 0.2) is 18.2 Å². The van der Waals surface area contributed by atoms with Crippen molar-refractivity contribution in [3.8, 4) is 5.75 Å². The molecule has 0 saturated carbocycles. The minimum Gasteiger partial charge on any atom is -0.507 e. The minimum atomic E-state index is -0.369. The normalized spacial score (nSPS) is 12.2. The Kier molecular flexibility index (Phi) is 5.59. The molecule has 0 radical (unpaired) electrons. The average Bonchev–Trinajstić information content (AvgIpc) is 2.29. The van der Waals surface area contributed by atoms with Gasteiger partial charge in [-0.1, -0.05) is 24.9 Å². The van der Waals surface area contributed by atoms with Crippen LogP contribution in [-0.4, -0.2) is 22.9 Å². The Labute approximate surface area is 111 Å². The van der Waals surface area contributed by atoms with E-state index in [1.807, 2.05) is 6.92 Å². The van der Waals surface area contributed by atoms with Crippen LogP contribution >= 0.6 is 23.2 Å². The van der Waals surface area contributed by atoms with Crippen LogP contribution < -0.4 is 5.32 Å². The average molecular weight is 276 g/mol. The van der Waals surface area contributed by atoms with Crippen LogP contribution in [0.4, 0.5) is 0 Å². The van der Waals surface area contributed by atoms with Crippen LogP contribution in [0.2, 0.25) is 5.02 Å². The highest BCUT2D eigenvalue weighted by atomic mass is 35.5.